The van der Waals surface area contributed by atoms with Gasteiger partial charge in [-0.3, -0.25) is 9.59 Å². The van der Waals surface area contributed by atoms with E-state index in [4.69, 9.17) is 14.2 Å². The number of rotatable bonds is 7. The molecule has 0 spiro atoms. The second-order valence-electron chi connectivity index (χ2n) is 6.25. The van der Waals surface area contributed by atoms with E-state index in [1.807, 2.05) is 0 Å². The van der Waals surface area contributed by atoms with Crippen LogP contribution in [0.4, 0.5) is 11.4 Å². The third kappa shape index (κ3) is 4.70. The number of nitrogens with one attached hydrogen (secondary N) is 2. The minimum atomic E-state index is -0.368. The minimum absolute atomic E-state index is 0.328. The molecule has 30 heavy (non-hydrogen) atoms. The van der Waals surface area contributed by atoms with E-state index in [0.717, 1.165) is 0 Å². The van der Waals surface area contributed by atoms with Gasteiger partial charge in [0.2, 0.25) is 0 Å². The maximum atomic E-state index is 12.8. The highest BCUT2D eigenvalue weighted by Gasteiger charge is 2.15. The first-order chi connectivity index (χ1) is 14.5. The fourth-order valence-electron chi connectivity index (χ4n) is 2.84. The van der Waals surface area contributed by atoms with Crippen molar-refractivity contribution in [2.45, 2.75) is 0 Å². The van der Waals surface area contributed by atoms with Crippen molar-refractivity contribution in [3.63, 3.8) is 0 Å². The monoisotopic (exact) mass is 406 g/mol. The van der Waals surface area contributed by atoms with Crippen LogP contribution in [0, 0.1) is 0 Å². The molecule has 0 aliphatic carbocycles. The lowest BCUT2D eigenvalue weighted by molar-refractivity contribution is 0.102. The average Bonchev–Trinajstić information content (AvgIpc) is 2.79. The summed E-state index contributed by atoms with van der Waals surface area (Å²) in [6.45, 7) is 0. The molecule has 0 heterocycles. The van der Waals surface area contributed by atoms with Gasteiger partial charge in [0.05, 0.1) is 32.6 Å². The number of benzene rings is 3. The summed E-state index contributed by atoms with van der Waals surface area (Å²) in [4.78, 5) is 25.4. The van der Waals surface area contributed by atoms with Gasteiger partial charge in [-0.25, -0.2) is 0 Å². The van der Waals surface area contributed by atoms with Crippen LogP contribution < -0.4 is 24.8 Å². The van der Waals surface area contributed by atoms with Gasteiger partial charge in [-0.05, 0) is 48.5 Å². The Morgan fingerprint density at radius 1 is 0.700 bits per heavy atom. The highest BCUT2D eigenvalue weighted by atomic mass is 16.5. The van der Waals surface area contributed by atoms with E-state index in [2.05, 4.69) is 10.6 Å². The van der Waals surface area contributed by atoms with Crippen LogP contribution in [0.5, 0.6) is 17.2 Å². The van der Waals surface area contributed by atoms with Crippen LogP contribution in [0.2, 0.25) is 0 Å². The number of ether oxygens (including phenoxy) is 3. The van der Waals surface area contributed by atoms with Crippen molar-refractivity contribution in [1.82, 2.24) is 0 Å². The lowest BCUT2D eigenvalue weighted by Gasteiger charge is -2.13. The van der Waals surface area contributed by atoms with Gasteiger partial charge in [0.1, 0.15) is 5.75 Å². The molecule has 7 nitrogen and oxygen atoms in total. The molecule has 0 aliphatic rings. The zero-order valence-electron chi connectivity index (χ0n) is 16.9. The van der Waals surface area contributed by atoms with E-state index in [-0.39, 0.29) is 11.8 Å². The maximum Gasteiger partial charge on any atom is 0.257 e. The number of carbonyl (C=O) groups excluding carboxylic acids is 2. The molecule has 3 aromatic rings. The summed E-state index contributed by atoms with van der Waals surface area (Å²) in [6, 6.07) is 18.6. The Hall–Kier alpha value is -4.00. The lowest BCUT2D eigenvalue weighted by atomic mass is 10.1. The molecule has 2 amide bonds. The summed E-state index contributed by atoms with van der Waals surface area (Å²) >= 11 is 0. The highest BCUT2D eigenvalue weighted by Crippen LogP contribution is 2.30. The van der Waals surface area contributed by atoms with Crippen LogP contribution in [0.15, 0.2) is 66.7 Å². The van der Waals surface area contributed by atoms with E-state index < -0.39 is 0 Å². The predicted molar refractivity (Wildman–Crippen MR) is 115 cm³/mol. The first-order valence-electron chi connectivity index (χ1n) is 9.13. The van der Waals surface area contributed by atoms with Crippen molar-refractivity contribution in [3.8, 4) is 17.2 Å². The lowest BCUT2D eigenvalue weighted by Crippen LogP contribution is -2.18. The fourth-order valence-corrected chi connectivity index (χ4v) is 2.84. The third-order valence-corrected chi connectivity index (χ3v) is 4.41. The Balaban J connectivity index is 1.78. The molecule has 0 aromatic heterocycles. The molecule has 0 saturated carbocycles. The first kappa shape index (κ1) is 20.7. The van der Waals surface area contributed by atoms with Crippen LogP contribution >= 0.6 is 0 Å². The molecular weight excluding hydrogens is 384 g/mol. The maximum absolute atomic E-state index is 12.8. The van der Waals surface area contributed by atoms with Gasteiger partial charge in [0, 0.05) is 17.3 Å². The quantitative estimate of drug-likeness (QED) is 0.614. The Morgan fingerprint density at radius 3 is 2.07 bits per heavy atom. The molecular formula is C23H22N2O5. The van der Waals surface area contributed by atoms with E-state index in [0.29, 0.717) is 39.8 Å². The van der Waals surface area contributed by atoms with Crippen LogP contribution in [-0.2, 0) is 0 Å². The zero-order valence-corrected chi connectivity index (χ0v) is 16.9. The molecule has 0 atom stereocenters. The predicted octanol–water partition coefficient (Wildman–Crippen LogP) is 4.22. The molecule has 3 aromatic carbocycles. The molecule has 154 valence electrons. The number of para-hydroxylation sites is 1. The average molecular weight is 406 g/mol. The van der Waals surface area contributed by atoms with E-state index in [1.54, 1.807) is 73.8 Å². The standard InChI is InChI=1S/C23H22N2O5/c1-28-17-11-8-15(9-12-17)22(26)25-19-7-5-4-6-18(19)23(27)24-16-10-13-20(29-2)21(14-16)30-3/h4-14H,1-3H3,(H,24,27)(H,25,26). The number of methoxy groups -OCH3 is 3. The van der Waals surface area contributed by atoms with Gasteiger partial charge < -0.3 is 24.8 Å². The normalized spacial score (nSPS) is 10.1. The number of amides is 2. The minimum Gasteiger partial charge on any atom is -0.497 e. The third-order valence-electron chi connectivity index (χ3n) is 4.41. The molecule has 3 rings (SSSR count). The SMILES string of the molecule is COc1ccc(C(=O)Nc2ccccc2C(=O)Nc2ccc(OC)c(OC)c2)cc1. The smallest absolute Gasteiger partial charge is 0.257 e. The fraction of sp³-hybridized carbons (Fsp3) is 0.130. The van der Waals surface area contributed by atoms with Crippen LogP contribution in [0.3, 0.4) is 0 Å². The molecule has 0 bridgehead atoms. The van der Waals surface area contributed by atoms with Crippen molar-refractivity contribution in [3.05, 3.63) is 77.9 Å². The van der Waals surface area contributed by atoms with Crippen LogP contribution in [-0.4, -0.2) is 33.1 Å². The summed E-state index contributed by atoms with van der Waals surface area (Å²) in [7, 11) is 4.62. The van der Waals surface area contributed by atoms with Crippen LogP contribution in [0.25, 0.3) is 0 Å². The van der Waals surface area contributed by atoms with Crippen molar-refractivity contribution < 1.29 is 23.8 Å². The van der Waals surface area contributed by atoms with Gasteiger partial charge in [-0.1, -0.05) is 12.1 Å². The number of hydrogen-bond acceptors (Lipinski definition) is 5. The van der Waals surface area contributed by atoms with E-state index in [9.17, 15) is 9.59 Å². The van der Waals surface area contributed by atoms with Crippen LogP contribution in [0.1, 0.15) is 20.7 Å². The number of anilines is 2. The summed E-state index contributed by atoms with van der Waals surface area (Å²) in [6.07, 6.45) is 0. The first-order valence-corrected chi connectivity index (χ1v) is 9.13. The topological polar surface area (TPSA) is 85.9 Å². The Morgan fingerprint density at radius 2 is 1.40 bits per heavy atom. The van der Waals surface area contributed by atoms with Crippen molar-refractivity contribution in [2.75, 3.05) is 32.0 Å². The summed E-state index contributed by atoms with van der Waals surface area (Å²) in [5, 5.41) is 5.60. The Kier molecular flexibility index (Phi) is 6.54. The zero-order chi connectivity index (χ0) is 21.5. The highest BCUT2D eigenvalue weighted by molar-refractivity contribution is 6.12. The summed E-state index contributed by atoms with van der Waals surface area (Å²) in [5.41, 5.74) is 1.71. The van der Waals surface area contributed by atoms with Crippen molar-refractivity contribution >= 4 is 23.2 Å². The van der Waals surface area contributed by atoms with Gasteiger partial charge in [0.25, 0.3) is 11.8 Å². The largest absolute Gasteiger partial charge is 0.497 e. The molecule has 0 saturated heterocycles. The summed E-state index contributed by atoms with van der Waals surface area (Å²) < 4.78 is 15.6. The Bertz CT molecular complexity index is 1050. The molecule has 0 fully saturated rings. The van der Waals surface area contributed by atoms with E-state index in [1.165, 1.54) is 14.2 Å². The van der Waals surface area contributed by atoms with Crippen molar-refractivity contribution in [2.24, 2.45) is 0 Å². The number of hydrogen-bond donors (Lipinski definition) is 2. The van der Waals surface area contributed by atoms with Crippen molar-refractivity contribution in [1.29, 1.82) is 0 Å². The van der Waals surface area contributed by atoms with Gasteiger partial charge in [0.15, 0.2) is 11.5 Å². The second kappa shape index (κ2) is 9.47. The van der Waals surface area contributed by atoms with Gasteiger partial charge >= 0.3 is 0 Å². The molecule has 7 heteroatoms. The molecule has 0 radical (unpaired) electrons. The molecule has 0 aliphatic heterocycles. The van der Waals surface area contributed by atoms with Gasteiger partial charge in [-0.2, -0.15) is 0 Å². The summed E-state index contributed by atoms with van der Waals surface area (Å²) in [5.74, 6) is 1.01. The Labute approximate surface area is 174 Å². The molecule has 0 unspecified atom stereocenters. The number of carbonyl (C=O) groups is 2. The second-order valence-corrected chi connectivity index (χ2v) is 6.25. The molecule has 2 N–H and O–H groups in total. The van der Waals surface area contributed by atoms with E-state index >= 15 is 0 Å². The van der Waals surface area contributed by atoms with Gasteiger partial charge in [-0.15, -0.1) is 0 Å².